The monoisotopic (exact) mass is 264 g/mol. The smallest absolute Gasteiger partial charge is 0.327 e. The van der Waals surface area contributed by atoms with Gasteiger partial charge in [0.15, 0.2) is 0 Å². The number of rotatable bonds is 3. The van der Waals surface area contributed by atoms with E-state index in [4.69, 9.17) is 0 Å². The number of nitro benzene ring substituents is 1. The predicted octanol–water partition coefficient (Wildman–Crippen LogP) is 3.93. The van der Waals surface area contributed by atoms with Crippen LogP contribution in [0, 0.1) is 28.7 Å². The number of halogens is 2. The minimum atomic E-state index is -0.941. The fourth-order valence-corrected chi connectivity index (χ4v) is 1.68. The van der Waals surface area contributed by atoms with Crippen molar-refractivity contribution < 1.29 is 13.7 Å². The molecule has 0 atom stereocenters. The summed E-state index contributed by atoms with van der Waals surface area (Å²) in [5, 5.41) is 13.5. The average molecular weight is 264 g/mol. The summed E-state index contributed by atoms with van der Waals surface area (Å²) >= 11 is 0. The fraction of sp³-hybridized carbons (Fsp3) is 0.0769. The molecule has 2 aromatic carbocycles. The highest BCUT2D eigenvalue weighted by Crippen LogP contribution is 2.31. The molecule has 0 radical (unpaired) electrons. The third kappa shape index (κ3) is 2.67. The average Bonchev–Trinajstić information content (AvgIpc) is 2.33. The van der Waals surface area contributed by atoms with Crippen molar-refractivity contribution in [2.75, 3.05) is 5.32 Å². The first kappa shape index (κ1) is 12.9. The zero-order chi connectivity index (χ0) is 14.0. The maximum atomic E-state index is 13.4. The molecule has 0 aromatic heterocycles. The van der Waals surface area contributed by atoms with Gasteiger partial charge in [-0.3, -0.25) is 10.1 Å². The van der Waals surface area contributed by atoms with E-state index in [0.29, 0.717) is 11.3 Å². The Bertz CT molecular complexity index is 645. The van der Waals surface area contributed by atoms with Crippen molar-refractivity contribution in [3.05, 3.63) is 63.7 Å². The Morgan fingerprint density at radius 1 is 1.16 bits per heavy atom. The Kier molecular flexibility index (Phi) is 3.41. The number of benzene rings is 2. The van der Waals surface area contributed by atoms with Crippen LogP contribution in [0.3, 0.4) is 0 Å². The van der Waals surface area contributed by atoms with E-state index in [-0.39, 0.29) is 5.69 Å². The van der Waals surface area contributed by atoms with E-state index in [1.54, 1.807) is 6.92 Å². The fourth-order valence-electron chi connectivity index (χ4n) is 1.68. The number of anilines is 2. The summed E-state index contributed by atoms with van der Waals surface area (Å²) in [6.07, 6.45) is 0. The SMILES string of the molecule is Cc1ccc(F)cc1Nc1cccc(F)c1[N+](=O)[O-]. The van der Waals surface area contributed by atoms with E-state index < -0.39 is 22.2 Å². The van der Waals surface area contributed by atoms with Gasteiger partial charge >= 0.3 is 5.69 Å². The van der Waals surface area contributed by atoms with Crippen molar-refractivity contribution in [2.24, 2.45) is 0 Å². The van der Waals surface area contributed by atoms with E-state index in [9.17, 15) is 18.9 Å². The van der Waals surface area contributed by atoms with Gasteiger partial charge in [-0.25, -0.2) is 4.39 Å². The second kappa shape index (κ2) is 5.01. The van der Waals surface area contributed by atoms with Gasteiger partial charge in [0.2, 0.25) is 5.82 Å². The molecule has 0 saturated carbocycles. The predicted molar refractivity (Wildman–Crippen MR) is 67.5 cm³/mol. The molecule has 6 heteroatoms. The quantitative estimate of drug-likeness (QED) is 0.675. The molecule has 0 bridgehead atoms. The molecule has 2 rings (SSSR count). The van der Waals surface area contributed by atoms with Crippen LogP contribution in [0.5, 0.6) is 0 Å². The van der Waals surface area contributed by atoms with E-state index in [1.807, 2.05) is 0 Å². The van der Waals surface area contributed by atoms with Crippen molar-refractivity contribution >= 4 is 17.1 Å². The summed E-state index contributed by atoms with van der Waals surface area (Å²) in [4.78, 5) is 10.0. The normalized spacial score (nSPS) is 10.3. The molecule has 0 heterocycles. The summed E-state index contributed by atoms with van der Waals surface area (Å²) in [6.45, 7) is 1.72. The first-order valence-corrected chi connectivity index (χ1v) is 5.45. The standard InChI is InChI=1S/C13H10F2N2O2/c1-8-5-6-9(14)7-12(8)16-11-4-2-3-10(15)13(11)17(18)19/h2-7,16H,1H3. The summed E-state index contributed by atoms with van der Waals surface area (Å²) < 4.78 is 26.6. The number of nitrogens with zero attached hydrogens (tertiary/aromatic N) is 1. The first-order valence-electron chi connectivity index (χ1n) is 5.45. The minimum Gasteiger partial charge on any atom is -0.350 e. The van der Waals surface area contributed by atoms with E-state index >= 15 is 0 Å². The van der Waals surface area contributed by atoms with Crippen LogP contribution in [0.1, 0.15) is 5.56 Å². The molecular weight excluding hydrogens is 254 g/mol. The highest BCUT2D eigenvalue weighted by Gasteiger charge is 2.20. The topological polar surface area (TPSA) is 55.2 Å². The molecule has 98 valence electrons. The molecule has 0 unspecified atom stereocenters. The van der Waals surface area contributed by atoms with Gasteiger partial charge in [-0.15, -0.1) is 0 Å². The molecule has 0 aliphatic rings. The lowest BCUT2D eigenvalue weighted by molar-refractivity contribution is -0.386. The number of para-hydroxylation sites is 1. The van der Waals surface area contributed by atoms with Gasteiger partial charge in [0.1, 0.15) is 11.5 Å². The molecule has 0 aliphatic heterocycles. The van der Waals surface area contributed by atoms with Crippen LogP contribution in [-0.4, -0.2) is 4.92 Å². The van der Waals surface area contributed by atoms with Crippen LogP contribution in [0.15, 0.2) is 36.4 Å². The zero-order valence-corrected chi connectivity index (χ0v) is 9.98. The van der Waals surface area contributed by atoms with Crippen LogP contribution in [0.2, 0.25) is 0 Å². The van der Waals surface area contributed by atoms with Crippen molar-refractivity contribution in [3.63, 3.8) is 0 Å². The van der Waals surface area contributed by atoms with Crippen LogP contribution in [0.25, 0.3) is 0 Å². The number of hydrogen-bond donors (Lipinski definition) is 1. The molecule has 0 spiro atoms. The first-order chi connectivity index (χ1) is 8.99. The van der Waals surface area contributed by atoms with Gasteiger partial charge in [-0.2, -0.15) is 4.39 Å². The van der Waals surface area contributed by atoms with Gasteiger partial charge in [0, 0.05) is 5.69 Å². The van der Waals surface area contributed by atoms with E-state index in [1.165, 1.54) is 30.3 Å². The molecule has 2 aromatic rings. The van der Waals surface area contributed by atoms with Gasteiger partial charge < -0.3 is 5.32 Å². The lowest BCUT2D eigenvalue weighted by atomic mass is 10.1. The van der Waals surface area contributed by atoms with E-state index in [2.05, 4.69) is 5.32 Å². The summed E-state index contributed by atoms with van der Waals surface area (Å²) in [5.74, 6) is -1.42. The zero-order valence-electron chi connectivity index (χ0n) is 9.98. The summed E-state index contributed by atoms with van der Waals surface area (Å²) in [6, 6.07) is 7.72. The number of aryl methyl sites for hydroxylation is 1. The molecule has 1 N–H and O–H groups in total. The second-order valence-electron chi connectivity index (χ2n) is 3.98. The lowest BCUT2D eigenvalue weighted by Crippen LogP contribution is -2.00. The largest absolute Gasteiger partial charge is 0.350 e. The molecule has 0 aliphatic carbocycles. The number of nitrogens with one attached hydrogen (secondary N) is 1. The third-order valence-electron chi connectivity index (χ3n) is 2.64. The van der Waals surface area contributed by atoms with Gasteiger partial charge in [-0.1, -0.05) is 12.1 Å². The van der Waals surface area contributed by atoms with Crippen LogP contribution in [-0.2, 0) is 0 Å². The maximum Gasteiger partial charge on any atom is 0.327 e. The summed E-state index contributed by atoms with van der Waals surface area (Å²) in [5.41, 5.74) is 0.374. The van der Waals surface area contributed by atoms with Crippen molar-refractivity contribution in [1.29, 1.82) is 0 Å². The third-order valence-corrected chi connectivity index (χ3v) is 2.64. The summed E-state index contributed by atoms with van der Waals surface area (Å²) in [7, 11) is 0. The van der Waals surface area contributed by atoms with E-state index in [0.717, 1.165) is 6.07 Å². The van der Waals surface area contributed by atoms with Gasteiger partial charge in [0.25, 0.3) is 0 Å². The molecule has 0 amide bonds. The van der Waals surface area contributed by atoms with Crippen molar-refractivity contribution in [1.82, 2.24) is 0 Å². The number of hydrogen-bond acceptors (Lipinski definition) is 3. The second-order valence-corrected chi connectivity index (χ2v) is 3.98. The van der Waals surface area contributed by atoms with Crippen molar-refractivity contribution in [2.45, 2.75) is 6.92 Å². The van der Waals surface area contributed by atoms with Crippen molar-refractivity contribution in [3.8, 4) is 0 Å². The Hall–Kier alpha value is -2.50. The number of nitro groups is 1. The Balaban J connectivity index is 2.46. The highest BCUT2D eigenvalue weighted by molar-refractivity contribution is 5.71. The molecule has 0 saturated heterocycles. The Morgan fingerprint density at radius 3 is 2.58 bits per heavy atom. The maximum absolute atomic E-state index is 13.4. The Labute approximate surface area is 107 Å². The Morgan fingerprint density at radius 2 is 1.89 bits per heavy atom. The molecule has 19 heavy (non-hydrogen) atoms. The highest BCUT2D eigenvalue weighted by atomic mass is 19.1. The molecule has 4 nitrogen and oxygen atoms in total. The van der Waals surface area contributed by atoms with Crippen LogP contribution >= 0.6 is 0 Å². The molecule has 0 fully saturated rings. The van der Waals surface area contributed by atoms with Crippen LogP contribution in [0.4, 0.5) is 25.8 Å². The van der Waals surface area contributed by atoms with Gasteiger partial charge in [-0.05, 0) is 36.8 Å². The lowest BCUT2D eigenvalue weighted by Gasteiger charge is -2.10. The van der Waals surface area contributed by atoms with Gasteiger partial charge in [0.05, 0.1) is 4.92 Å². The van der Waals surface area contributed by atoms with Crippen LogP contribution < -0.4 is 5.32 Å². The minimum absolute atomic E-state index is 0.0151. The molecular formula is C13H10F2N2O2.